The van der Waals surface area contributed by atoms with Gasteiger partial charge in [0.25, 0.3) is 0 Å². The molecule has 100 valence electrons. The maximum absolute atomic E-state index is 12.0. The van der Waals surface area contributed by atoms with Crippen LogP contribution >= 0.6 is 23.2 Å². The summed E-state index contributed by atoms with van der Waals surface area (Å²) in [5.74, 6) is -0.353. The van der Waals surface area contributed by atoms with Crippen molar-refractivity contribution < 1.29 is 14.1 Å². The van der Waals surface area contributed by atoms with E-state index in [1.54, 1.807) is 18.2 Å². The second-order valence-corrected chi connectivity index (χ2v) is 6.13. The Hall–Kier alpha value is -0.580. The summed E-state index contributed by atoms with van der Waals surface area (Å²) in [6.07, 6.45) is 2.18. The van der Waals surface area contributed by atoms with Gasteiger partial charge in [-0.15, -0.1) is 0 Å². The minimum Gasteiger partial charge on any atom is -0.481 e. The van der Waals surface area contributed by atoms with Crippen LogP contribution in [-0.2, 0) is 15.6 Å². The second-order valence-electron chi connectivity index (χ2n) is 3.80. The molecule has 1 aromatic rings. The minimum absolute atomic E-state index is 0.152. The number of carboxylic acids is 1. The summed E-state index contributed by atoms with van der Waals surface area (Å²) in [5, 5.41) is 9.30. The van der Waals surface area contributed by atoms with Crippen molar-refractivity contribution in [2.24, 2.45) is 0 Å². The van der Waals surface area contributed by atoms with Crippen molar-refractivity contribution in [3.63, 3.8) is 0 Å². The van der Waals surface area contributed by atoms with Crippen molar-refractivity contribution in [2.75, 3.05) is 5.75 Å². The maximum Gasteiger partial charge on any atom is 0.303 e. The summed E-state index contributed by atoms with van der Waals surface area (Å²) in [6.45, 7) is 0. The lowest BCUT2D eigenvalue weighted by Crippen LogP contribution is -2.01. The van der Waals surface area contributed by atoms with Gasteiger partial charge in [-0.25, -0.2) is 0 Å². The number of carboxylic acid groups (broad SMARTS) is 1. The van der Waals surface area contributed by atoms with Crippen LogP contribution in [0.4, 0.5) is 0 Å². The molecule has 3 nitrogen and oxygen atoms in total. The van der Waals surface area contributed by atoms with Crippen molar-refractivity contribution >= 4 is 40.0 Å². The molecular weight excluding hydrogens is 295 g/mol. The monoisotopic (exact) mass is 308 g/mol. The number of hydrogen-bond donors (Lipinski definition) is 1. The highest BCUT2D eigenvalue weighted by molar-refractivity contribution is 7.85. The van der Waals surface area contributed by atoms with Gasteiger partial charge in [0.2, 0.25) is 0 Å². The van der Waals surface area contributed by atoms with Crippen molar-refractivity contribution in [3.05, 3.63) is 28.2 Å². The fraction of sp³-hybridized carbons (Fsp3) is 0.417. The summed E-state index contributed by atoms with van der Waals surface area (Å²) in [7, 11) is -1.23. The number of rotatable bonds is 7. The summed E-state index contributed by atoms with van der Waals surface area (Å²) in [6, 6.07) is 5.02. The summed E-state index contributed by atoms with van der Waals surface area (Å²) in [5.41, 5.74) is 0. The number of unbranched alkanes of at least 4 members (excludes halogenated alkanes) is 2. The Bertz CT molecular complexity index is 429. The number of hydrogen-bond acceptors (Lipinski definition) is 2. The minimum atomic E-state index is -1.23. The Morgan fingerprint density at radius 2 is 1.78 bits per heavy atom. The molecule has 0 radical (unpaired) electrons. The predicted octanol–water partition coefficient (Wildman–Crippen LogP) is 3.75. The van der Waals surface area contributed by atoms with Crippen LogP contribution in [0.25, 0.3) is 0 Å². The van der Waals surface area contributed by atoms with Gasteiger partial charge in [0.1, 0.15) is 0 Å². The zero-order valence-electron chi connectivity index (χ0n) is 9.70. The Morgan fingerprint density at radius 1 is 1.17 bits per heavy atom. The van der Waals surface area contributed by atoms with Gasteiger partial charge in [-0.1, -0.05) is 35.7 Å². The fourth-order valence-corrected chi connectivity index (χ4v) is 3.64. The molecule has 1 rings (SSSR count). The van der Waals surface area contributed by atoms with Crippen LogP contribution in [-0.4, -0.2) is 21.0 Å². The van der Waals surface area contributed by atoms with Gasteiger partial charge in [-0.3, -0.25) is 9.00 Å². The molecule has 0 amide bonds. The highest BCUT2D eigenvalue weighted by Crippen LogP contribution is 2.28. The molecule has 0 bridgehead atoms. The van der Waals surface area contributed by atoms with Crippen LogP contribution in [0.3, 0.4) is 0 Å². The Morgan fingerprint density at radius 3 is 2.33 bits per heavy atom. The summed E-state index contributed by atoms with van der Waals surface area (Å²) >= 11 is 11.9. The normalized spacial score (nSPS) is 12.3. The SMILES string of the molecule is O=C(O)CCCCCS(=O)c1c(Cl)cccc1Cl. The molecule has 0 heterocycles. The molecule has 1 unspecified atom stereocenters. The molecule has 1 N–H and O–H groups in total. The molecule has 0 aliphatic carbocycles. The first kappa shape index (κ1) is 15.5. The lowest BCUT2D eigenvalue weighted by molar-refractivity contribution is -0.137. The van der Waals surface area contributed by atoms with E-state index in [4.69, 9.17) is 28.3 Å². The number of carbonyl (C=O) groups is 1. The van der Waals surface area contributed by atoms with E-state index in [1.807, 2.05) is 0 Å². The molecule has 0 aliphatic rings. The van der Waals surface area contributed by atoms with Crippen LogP contribution in [0.5, 0.6) is 0 Å². The zero-order valence-corrected chi connectivity index (χ0v) is 12.0. The van der Waals surface area contributed by atoms with Gasteiger partial charge in [0.15, 0.2) is 0 Å². The number of halogens is 2. The predicted molar refractivity (Wildman–Crippen MR) is 73.8 cm³/mol. The highest BCUT2D eigenvalue weighted by Gasteiger charge is 2.12. The third-order valence-electron chi connectivity index (χ3n) is 2.37. The maximum atomic E-state index is 12.0. The third kappa shape index (κ3) is 4.96. The van der Waals surface area contributed by atoms with Crippen molar-refractivity contribution in [3.8, 4) is 0 Å². The summed E-state index contributed by atoms with van der Waals surface area (Å²) < 4.78 is 12.0. The van der Waals surface area contributed by atoms with Gasteiger partial charge < -0.3 is 5.11 Å². The average molecular weight is 309 g/mol. The first-order chi connectivity index (χ1) is 8.52. The Kier molecular flexibility index (Phi) is 6.68. The standard InChI is InChI=1S/C12H14Cl2O3S/c13-9-5-4-6-10(14)12(9)18(17)8-3-1-2-7-11(15)16/h4-6H,1-3,7-8H2,(H,15,16). The van der Waals surface area contributed by atoms with E-state index in [0.717, 1.165) is 6.42 Å². The molecule has 0 aromatic heterocycles. The smallest absolute Gasteiger partial charge is 0.303 e. The van der Waals surface area contributed by atoms with Crippen LogP contribution in [0.15, 0.2) is 23.1 Å². The quantitative estimate of drug-likeness (QED) is 0.781. The number of aliphatic carboxylic acids is 1. The van der Waals surface area contributed by atoms with Gasteiger partial charge >= 0.3 is 5.97 Å². The van der Waals surface area contributed by atoms with E-state index < -0.39 is 16.8 Å². The Balaban J connectivity index is 2.44. The van der Waals surface area contributed by atoms with Crippen molar-refractivity contribution in [2.45, 2.75) is 30.6 Å². The largest absolute Gasteiger partial charge is 0.481 e. The first-order valence-corrected chi connectivity index (χ1v) is 7.64. The lowest BCUT2D eigenvalue weighted by atomic mass is 10.2. The molecular formula is C12H14Cl2O3S. The van der Waals surface area contributed by atoms with Crippen molar-refractivity contribution in [1.82, 2.24) is 0 Å². The molecule has 1 aromatic carbocycles. The van der Waals surface area contributed by atoms with E-state index in [9.17, 15) is 9.00 Å². The van der Waals surface area contributed by atoms with E-state index in [2.05, 4.69) is 0 Å². The lowest BCUT2D eigenvalue weighted by Gasteiger charge is -2.06. The molecule has 0 saturated carbocycles. The molecule has 0 saturated heterocycles. The molecule has 0 aliphatic heterocycles. The first-order valence-electron chi connectivity index (χ1n) is 5.56. The van der Waals surface area contributed by atoms with Gasteiger partial charge in [0.05, 0.1) is 25.7 Å². The van der Waals surface area contributed by atoms with Gasteiger partial charge in [-0.05, 0) is 25.0 Å². The van der Waals surface area contributed by atoms with Gasteiger partial charge in [0, 0.05) is 12.2 Å². The highest BCUT2D eigenvalue weighted by atomic mass is 35.5. The number of benzene rings is 1. The second kappa shape index (κ2) is 7.77. The van der Waals surface area contributed by atoms with E-state index in [-0.39, 0.29) is 6.42 Å². The molecule has 18 heavy (non-hydrogen) atoms. The van der Waals surface area contributed by atoms with E-state index >= 15 is 0 Å². The molecule has 6 heteroatoms. The fourth-order valence-electron chi connectivity index (χ4n) is 1.49. The Labute approximate surface area is 119 Å². The van der Waals surface area contributed by atoms with Crippen LogP contribution in [0, 0.1) is 0 Å². The molecule has 0 spiro atoms. The van der Waals surface area contributed by atoms with Crippen LogP contribution in [0.2, 0.25) is 10.0 Å². The average Bonchev–Trinajstić information content (AvgIpc) is 2.27. The van der Waals surface area contributed by atoms with E-state index in [1.165, 1.54) is 0 Å². The van der Waals surface area contributed by atoms with Crippen LogP contribution < -0.4 is 0 Å². The molecule has 1 atom stereocenters. The van der Waals surface area contributed by atoms with Crippen molar-refractivity contribution in [1.29, 1.82) is 0 Å². The van der Waals surface area contributed by atoms with Gasteiger partial charge in [-0.2, -0.15) is 0 Å². The third-order valence-corrected chi connectivity index (χ3v) is 4.78. The van der Waals surface area contributed by atoms with Crippen LogP contribution in [0.1, 0.15) is 25.7 Å². The zero-order chi connectivity index (χ0) is 13.5. The molecule has 0 fully saturated rings. The van der Waals surface area contributed by atoms with E-state index in [0.29, 0.717) is 33.5 Å². The summed E-state index contributed by atoms with van der Waals surface area (Å²) in [4.78, 5) is 10.8. The topological polar surface area (TPSA) is 54.4 Å².